The average Bonchev–Trinajstić information content (AvgIpc) is 2.01. The summed E-state index contributed by atoms with van der Waals surface area (Å²) in [6.07, 6.45) is -2.59. The molecule has 0 fully saturated rings. The van der Waals surface area contributed by atoms with Crippen molar-refractivity contribution in [3.05, 3.63) is 0 Å². The van der Waals surface area contributed by atoms with E-state index in [1.165, 1.54) is 6.92 Å². The van der Waals surface area contributed by atoms with E-state index in [1.54, 1.807) is 0 Å². The summed E-state index contributed by atoms with van der Waals surface area (Å²) in [5, 5.41) is 17.0. The van der Waals surface area contributed by atoms with Crippen molar-refractivity contribution in [3.63, 3.8) is 0 Å². The Labute approximate surface area is 74.8 Å². The summed E-state index contributed by atoms with van der Waals surface area (Å²) >= 11 is 0. The Balaban J connectivity index is 4.14. The number of rotatable bonds is 6. The van der Waals surface area contributed by atoms with Crippen molar-refractivity contribution in [1.82, 2.24) is 4.90 Å². The van der Waals surface area contributed by atoms with E-state index in [0.717, 1.165) is 4.90 Å². The second-order valence-electron chi connectivity index (χ2n) is 2.62. The number of carboxylic acids is 1. The molecule has 0 saturated heterocycles. The first kappa shape index (κ1) is 12.2. The van der Waals surface area contributed by atoms with Gasteiger partial charge in [0.1, 0.15) is 6.04 Å². The van der Waals surface area contributed by atoms with Gasteiger partial charge in [-0.15, -0.1) is 0 Å². The van der Waals surface area contributed by atoms with Crippen LogP contribution in [0.4, 0.5) is 8.78 Å². The monoisotopic (exact) mass is 197 g/mol. The molecular weight excluding hydrogens is 184 g/mol. The molecule has 0 aliphatic heterocycles. The third kappa shape index (κ3) is 4.74. The third-order valence-electron chi connectivity index (χ3n) is 1.66. The van der Waals surface area contributed by atoms with Gasteiger partial charge in [-0.2, -0.15) is 0 Å². The standard InChI is InChI=1S/C7H13F2NO3/c1-5(7(12)13)10(2-3-11)4-6(8)9/h5-6,11H,2-4H2,1H3,(H,12,13). The van der Waals surface area contributed by atoms with Crippen LogP contribution >= 0.6 is 0 Å². The molecule has 6 heteroatoms. The Hall–Kier alpha value is -0.750. The maximum atomic E-state index is 11.9. The summed E-state index contributed by atoms with van der Waals surface area (Å²) in [6.45, 7) is 0.288. The lowest BCUT2D eigenvalue weighted by Crippen LogP contribution is -2.43. The number of hydrogen-bond acceptors (Lipinski definition) is 3. The Morgan fingerprint density at radius 2 is 2.08 bits per heavy atom. The molecule has 0 aromatic carbocycles. The largest absolute Gasteiger partial charge is 0.480 e. The lowest BCUT2D eigenvalue weighted by Gasteiger charge is -2.24. The van der Waals surface area contributed by atoms with Gasteiger partial charge in [-0.1, -0.05) is 0 Å². The van der Waals surface area contributed by atoms with Crippen LogP contribution in [0.2, 0.25) is 0 Å². The van der Waals surface area contributed by atoms with E-state index in [0.29, 0.717) is 0 Å². The zero-order valence-corrected chi connectivity index (χ0v) is 7.28. The number of hydrogen-bond donors (Lipinski definition) is 2. The number of carbonyl (C=O) groups is 1. The van der Waals surface area contributed by atoms with Crippen molar-refractivity contribution in [2.45, 2.75) is 19.4 Å². The zero-order chi connectivity index (χ0) is 10.4. The Kier molecular flexibility index (Phi) is 5.48. The van der Waals surface area contributed by atoms with Crippen LogP contribution in [0.25, 0.3) is 0 Å². The first-order valence-electron chi connectivity index (χ1n) is 3.85. The Morgan fingerprint density at radius 1 is 1.54 bits per heavy atom. The van der Waals surface area contributed by atoms with Crippen LogP contribution < -0.4 is 0 Å². The number of carboxylic acid groups (broad SMARTS) is 1. The van der Waals surface area contributed by atoms with Crippen LogP contribution in [-0.4, -0.2) is 53.2 Å². The van der Waals surface area contributed by atoms with E-state index in [9.17, 15) is 13.6 Å². The topological polar surface area (TPSA) is 60.8 Å². The summed E-state index contributed by atoms with van der Waals surface area (Å²) in [6, 6.07) is -0.999. The van der Waals surface area contributed by atoms with Crippen molar-refractivity contribution in [2.75, 3.05) is 19.7 Å². The molecule has 0 bridgehead atoms. The summed E-state index contributed by atoms with van der Waals surface area (Å²) < 4.78 is 23.8. The fourth-order valence-corrected chi connectivity index (χ4v) is 0.905. The molecule has 0 aromatic rings. The third-order valence-corrected chi connectivity index (χ3v) is 1.66. The predicted molar refractivity (Wildman–Crippen MR) is 41.8 cm³/mol. The van der Waals surface area contributed by atoms with E-state index in [1.807, 2.05) is 0 Å². The molecule has 0 heterocycles. The van der Waals surface area contributed by atoms with Gasteiger partial charge in [-0.25, -0.2) is 8.78 Å². The first-order valence-corrected chi connectivity index (χ1v) is 3.85. The van der Waals surface area contributed by atoms with E-state index in [2.05, 4.69) is 0 Å². The highest BCUT2D eigenvalue weighted by Gasteiger charge is 2.22. The van der Waals surface area contributed by atoms with Crippen LogP contribution in [-0.2, 0) is 4.79 Å². The predicted octanol–water partition coefficient (Wildman–Crippen LogP) is 0.0189. The number of halogens is 2. The number of aliphatic hydroxyl groups excluding tert-OH is 1. The Morgan fingerprint density at radius 3 is 2.38 bits per heavy atom. The fourth-order valence-electron chi connectivity index (χ4n) is 0.905. The SMILES string of the molecule is CC(C(=O)O)N(CCO)CC(F)F. The van der Waals surface area contributed by atoms with Gasteiger partial charge < -0.3 is 10.2 Å². The van der Waals surface area contributed by atoms with Gasteiger partial charge >= 0.3 is 5.97 Å². The molecule has 78 valence electrons. The van der Waals surface area contributed by atoms with Crippen molar-refractivity contribution >= 4 is 5.97 Å². The maximum Gasteiger partial charge on any atom is 0.320 e. The van der Waals surface area contributed by atoms with Crippen LogP contribution in [0.3, 0.4) is 0 Å². The molecule has 2 N–H and O–H groups in total. The molecule has 1 unspecified atom stereocenters. The molecular formula is C7H13F2NO3. The number of aliphatic hydroxyl groups is 1. The van der Waals surface area contributed by atoms with Crippen LogP contribution in [0.15, 0.2) is 0 Å². The van der Waals surface area contributed by atoms with Gasteiger partial charge in [-0.05, 0) is 6.92 Å². The second kappa shape index (κ2) is 5.82. The minimum absolute atomic E-state index is 0.0577. The molecule has 0 saturated carbocycles. The van der Waals surface area contributed by atoms with Gasteiger partial charge in [0.15, 0.2) is 0 Å². The summed E-state index contributed by atoms with van der Waals surface area (Å²) in [5.74, 6) is -1.17. The van der Waals surface area contributed by atoms with Crippen molar-refractivity contribution in [2.24, 2.45) is 0 Å². The van der Waals surface area contributed by atoms with E-state index in [-0.39, 0.29) is 13.2 Å². The molecule has 0 rings (SSSR count). The van der Waals surface area contributed by atoms with Crippen LogP contribution in [0.1, 0.15) is 6.92 Å². The summed E-state index contributed by atoms with van der Waals surface area (Å²) in [7, 11) is 0. The highest BCUT2D eigenvalue weighted by Crippen LogP contribution is 2.03. The van der Waals surface area contributed by atoms with Crippen LogP contribution in [0.5, 0.6) is 0 Å². The number of nitrogens with zero attached hydrogens (tertiary/aromatic N) is 1. The highest BCUT2D eigenvalue weighted by atomic mass is 19.3. The van der Waals surface area contributed by atoms with Gasteiger partial charge in [-0.3, -0.25) is 9.69 Å². The molecule has 4 nitrogen and oxygen atoms in total. The quantitative estimate of drug-likeness (QED) is 0.630. The molecule has 0 spiro atoms. The summed E-state index contributed by atoms with van der Waals surface area (Å²) in [5.41, 5.74) is 0. The van der Waals surface area contributed by atoms with Gasteiger partial charge in [0.25, 0.3) is 6.43 Å². The molecule has 13 heavy (non-hydrogen) atoms. The molecule has 1 atom stereocenters. The Bertz CT molecular complexity index is 166. The smallest absolute Gasteiger partial charge is 0.320 e. The minimum atomic E-state index is -2.59. The molecule has 0 aliphatic rings. The summed E-state index contributed by atoms with van der Waals surface area (Å²) in [4.78, 5) is 11.4. The zero-order valence-electron chi connectivity index (χ0n) is 7.28. The lowest BCUT2D eigenvalue weighted by molar-refractivity contribution is -0.143. The second-order valence-corrected chi connectivity index (χ2v) is 2.62. The minimum Gasteiger partial charge on any atom is -0.480 e. The van der Waals surface area contributed by atoms with Crippen molar-refractivity contribution in [1.29, 1.82) is 0 Å². The first-order chi connectivity index (χ1) is 5.99. The molecule has 0 amide bonds. The van der Waals surface area contributed by atoms with Gasteiger partial charge in [0.05, 0.1) is 13.2 Å². The molecule has 0 aliphatic carbocycles. The molecule has 0 aromatic heterocycles. The van der Waals surface area contributed by atoms with E-state index < -0.39 is 25.0 Å². The van der Waals surface area contributed by atoms with E-state index >= 15 is 0 Å². The molecule has 0 radical (unpaired) electrons. The van der Waals surface area contributed by atoms with Crippen molar-refractivity contribution in [3.8, 4) is 0 Å². The van der Waals surface area contributed by atoms with Crippen LogP contribution in [0, 0.1) is 0 Å². The maximum absolute atomic E-state index is 11.9. The normalized spacial score (nSPS) is 13.7. The number of alkyl halides is 2. The number of aliphatic carboxylic acids is 1. The average molecular weight is 197 g/mol. The van der Waals surface area contributed by atoms with E-state index in [4.69, 9.17) is 10.2 Å². The van der Waals surface area contributed by atoms with Crippen molar-refractivity contribution < 1.29 is 23.8 Å². The van der Waals surface area contributed by atoms with Gasteiger partial charge in [0, 0.05) is 6.54 Å². The lowest BCUT2D eigenvalue weighted by atomic mass is 10.3. The van der Waals surface area contributed by atoms with Gasteiger partial charge in [0.2, 0.25) is 0 Å². The fraction of sp³-hybridized carbons (Fsp3) is 0.857. The highest BCUT2D eigenvalue weighted by molar-refractivity contribution is 5.72.